The number of carbonyl (C=O) groups excluding carboxylic acids is 5. The molecule has 1 atom stereocenters. The number of rotatable bonds is 13. The minimum absolute atomic E-state index is 0. The van der Waals surface area contributed by atoms with Gasteiger partial charge in [0.2, 0.25) is 23.6 Å². The van der Waals surface area contributed by atoms with Gasteiger partial charge in [-0.3, -0.25) is 34.4 Å². The van der Waals surface area contributed by atoms with E-state index in [2.05, 4.69) is 41.3 Å². The number of nitrogens with one attached hydrogen (secondary N) is 5. The Morgan fingerprint density at radius 2 is 1.33 bits per heavy atom. The number of fused-ring (bicyclic) bond motifs is 1. The molecule has 4 aliphatic rings. The van der Waals surface area contributed by atoms with Crippen molar-refractivity contribution in [2.24, 2.45) is 0 Å². The van der Waals surface area contributed by atoms with Gasteiger partial charge in [-0.05, 0) is 104 Å². The van der Waals surface area contributed by atoms with Crippen LogP contribution in [0.1, 0.15) is 81.3 Å². The van der Waals surface area contributed by atoms with E-state index in [9.17, 15) is 32.8 Å². The van der Waals surface area contributed by atoms with Gasteiger partial charge in [-0.25, -0.2) is 8.78 Å². The summed E-state index contributed by atoms with van der Waals surface area (Å²) in [5.74, 6) is -1.96. The maximum atomic E-state index is 14.0. The number of piperazine rings is 2. The van der Waals surface area contributed by atoms with Gasteiger partial charge < -0.3 is 40.3 Å². The lowest BCUT2D eigenvalue weighted by atomic mass is 10.0. The topological polar surface area (TPSA) is 184 Å². The Kier molecular flexibility index (Phi) is 17.0. The summed E-state index contributed by atoms with van der Waals surface area (Å²) < 4.78 is 33.4. The van der Waals surface area contributed by atoms with Crippen LogP contribution in [0.4, 0.5) is 37.3 Å². The second-order valence-corrected chi connectivity index (χ2v) is 17.6. The standard InChI is InChI=1S/C49H54F2N10O6.C2H6.CH4/c50-33-26-32(27-34(51)29-33)25-31-1-8-41-40(28-31)47(57-56-41)55-48(65)39-7-6-38(30-43(39)53-36-13-23-67-24-14-36)59-17-21-61(22-18-59)46(64)12-11-45(63)60-19-15-58(16-20-60)37-4-2-35(3-5-37)52-42-9-10-44(62)54-49(42)66;1-2;/h1-8,26-30,36,42,52-53H,9-25H2,(H,54,62,66)(H2,55,56,57,65);1-2H3;1H4. The maximum Gasteiger partial charge on any atom is 0.258 e. The lowest BCUT2D eigenvalue weighted by Crippen LogP contribution is -2.50. The lowest BCUT2D eigenvalue weighted by Gasteiger charge is -2.37. The predicted octanol–water partition coefficient (Wildman–Crippen LogP) is 6.93. The SMILES string of the molecule is C.CC.O=C1CCC(Nc2ccc(N3CCN(C(=O)CCC(=O)N4CCN(c5ccc(C(=O)Nc6n[nH]c7ccc(Cc8cc(F)cc(F)c8)cc67)c(NC6CCOCC6)c5)CC4)CC3)cc2)C(=O)N1. The summed E-state index contributed by atoms with van der Waals surface area (Å²) in [5, 5.41) is 20.1. The Morgan fingerprint density at radius 1 is 0.714 bits per heavy atom. The summed E-state index contributed by atoms with van der Waals surface area (Å²) in [5.41, 5.74) is 5.81. The van der Waals surface area contributed by atoms with Crippen molar-refractivity contribution < 1.29 is 37.5 Å². The van der Waals surface area contributed by atoms with Gasteiger partial charge in [0, 0.05) is 125 Å². The highest BCUT2D eigenvalue weighted by Gasteiger charge is 2.28. The second kappa shape index (κ2) is 23.5. The quantitative estimate of drug-likeness (QED) is 0.0772. The molecule has 18 heteroatoms. The van der Waals surface area contributed by atoms with Crippen LogP contribution >= 0.6 is 0 Å². The first-order valence-electron chi connectivity index (χ1n) is 24.0. The molecule has 4 aromatic carbocycles. The lowest BCUT2D eigenvalue weighted by molar-refractivity contribution is -0.137. The van der Waals surface area contributed by atoms with Crippen LogP contribution in [0.25, 0.3) is 10.9 Å². The molecular formula is C52H64F2N10O6. The van der Waals surface area contributed by atoms with Crippen LogP contribution in [0.15, 0.2) is 78.9 Å². The fourth-order valence-corrected chi connectivity index (χ4v) is 9.26. The predicted molar refractivity (Wildman–Crippen MR) is 268 cm³/mol. The highest BCUT2D eigenvalue weighted by molar-refractivity contribution is 6.11. The van der Waals surface area contributed by atoms with Crippen LogP contribution in [0.3, 0.4) is 0 Å². The van der Waals surface area contributed by atoms with Crippen molar-refractivity contribution in [3.63, 3.8) is 0 Å². The molecule has 5 heterocycles. The number of amides is 5. The van der Waals surface area contributed by atoms with E-state index in [1.807, 2.05) is 78.2 Å². The first-order chi connectivity index (χ1) is 33.5. The van der Waals surface area contributed by atoms with Crippen LogP contribution < -0.4 is 31.1 Å². The smallest absolute Gasteiger partial charge is 0.258 e. The van der Waals surface area contributed by atoms with Crippen LogP contribution in [0.5, 0.6) is 0 Å². The molecule has 4 saturated heterocycles. The van der Waals surface area contributed by atoms with Gasteiger partial charge in [0.25, 0.3) is 5.91 Å². The maximum absolute atomic E-state index is 14.0. The second-order valence-electron chi connectivity index (χ2n) is 17.6. The zero-order chi connectivity index (χ0) is 48.4. The van der Waals surface area contributed by atoms with E-state index in [-0.39, 0.29) is 55.8 Å². The van der Waals surface area contributed by atoms with Crippen molar-refractivity contribution in [3.05, 3.63) is 107 Å². The van der Waals surface area contributed by atoms with Gasteiger partial charge in [0.15, 0.2) is 5.82 Å². The number of halogens is 2. The molecule has 5 amide bonds. The number of hydrogen-bond donors (Lipinski definition) is 5. The number of benzene rings is 4. The molecule has 70 heavy (non-hydrogen) atoms. The van der Waals surface area contributed by atoms with Gasteiger partial charge in [0.05, 0.1) is 11.1 Å². The van der Waals surface area contributed by atoms with E-state index in [4.69, 9.17) is 4.74 Å². The van der Waals surface area contributed by atoms with E-state index >= 15 is 0 Å². The average Bonchev–Trinajstić information content (AvgIpc) is 3.76. The Morgan fingerprint density at radius 3 is 1.96 bits per heavy atom. The molecule has 372 valence electrons. The van der Waals surface area contributed by atoms with E-state index < -0.39 is 17.7 Å². The van der Waals surface area contributed by atoms with E-state index in [1.165, 1.54) is 12.1 Å². The zero-order valence-electron chi connectivity index (χ0n) is 39.1. The molecule has 0 spiro atoms. The Balaban J connectivity index is 0.00000238. The highest BCUT2D eigenvalue weighted by atomic mass is 19.1. The Hall–Kier alpha value is -7.08. The number of aromatic amines is 1. The summed E-state index contributed by atoms with van der Waals surface area (Å²) >= 11 is 0. The molecule has 1 unspecified atom stereocenters. The number of H-pyrrole nitrogens is 1. The fourth-order valence-electron chi connectivity index (χ4n) is 9.26. The van der Waals surface area contributed by atoms with E-state index in [0.29, 0.717) is 118 Å². The first kappa shape index (κ1) is 50.8. The summed E-state index contributed by atoms with van der Waals surface area (Å²) in [6, 6.07) is 22.1. The van der Waals surface area contributed by atoms with Gasteiger partial charge in [-0.1, -0.05) is 27.3 Å². The van der Waals surface area contributed by atoms with Gasteiger partial charge >= 0.3 is 0 Å². The van der Waals surface area contributed by atoms with Crippen LogP contribution in [-0.2, 0) is 30.3 Å². The van der Waals surface area contributed by atoms with Crippen molar-refractivity contribution in [1.29, 1.82) is 0 Å². The Bertz CT molecular complexity index is 2620. The number of aromatic nitrogens is 2. The molecule has 4 fully saturated rings. The molecule has 0 bridgehead atoms. The van der Waals surface area contributed by atoms with Crippen molar-refractivity contribution >= 4 is 69.0 Å². The third kappa shape index (κ3) is 12.6. The fraction of sp³-hybridized carbons (Fsp3) is 0.423. The largest absolute Gasteiger partial charge is 0.381 e. The Labute approximate surface area is 407 Å². The third-order valence-corrected chi connectivity index (χ3v) is 13.0. The first-order valence-corrected chi connectivity index (χ1v) is 24.0. The molecule has 0 radical (unpaired) electrons. The van der Waals surface area contributed by atoms with E-state index in [1.54, 1.807) is 6.07 Å². The molecule has 0 aliphatic carbocycles. The number of carbonyl (C=O) groups is 5. The van der Waals surface area contributed by atoms with Crippen LogP contribution in [0.2, 0.25) is 0 Å². The third-order valence-electron chi connectivity index (χ3n) is 13.0. The molecule has 1 aromatic heterocycles. The van der Waals surface area contributed by atoms with Crippen molar-refractivity contribution in [2.75, 3.05) is 91.3 Å². The van der Waals surface area contributed by atoms with Crippen molar-refractivity contribution in [1.82, 2.24) is 25.3 Å². The average molecular weight is 963 g/mol. The number of anilines is 5. The van der Waals surface area contributed by atoms with Gasteiger partial charge in [0.1, 0.15) is 17.7 Å². The van der Waals surface area contributed by atoms with Gasteiger partial charge in [-0.2, -0.15) is 5.10 Å². The molecule has 5 aromatic rings. The summed E-state index contributed by atoms with van der Waals surface area (Å²) in [6.45, 7) is 9.83. The van der Waals surface area contributed by atoms with Crippen LogP contribution in [-0.4, -0.2) is 127 Å². The van der Waals surface area contributed by atoms with E-state index in [0.717, 1.165) is 41.5 Å². The van der Waals surface area contributed by atoms with Crippen molar-refractivity contribution in [2.45, 2.75) is 78.3 Å². The molecule has 4 aliphatic heterocycles. The number of nitrogens with zero attached hydrogens (tertiary/aromatic N) is 5. The normalized spacial score (nSPS) is 17.5. The minimum atomic E-state index is -0.643. The van der Waals surface area contributed by atoms with Gasteiger partial charge in [-0.15, -0.1) is 0 Å². The van der Waals surface area contributed by atoms with Crippen molar-refractivity contribution in [3.8, 4) is 0 Å². The number of ether oxygens (including phenoxy) is 1. The highest BCUT2D eigenvalue weighted by Crippen LogP contribution is 2.30. The number of hydrogen-bond acceptors (Lipinski definition) is 11. The molecule has 9 rings (SSSR count). The molecular weight excluding hydrogens is 899 g/mol. The number of piperidine rings is 1. The summed E-state index contributed by atoms with van der Waals surface area (Å²) in [7, 11) is 0. The molecule has 16 nitrogen and oxygen atoms in total. The number of imide groups is 1. The monoisotopic (exact) mass is 962 g/mol. The van der Waals surface area contributed by atoms with Crippen LogP contribution in [0, 0.1) is 11.6 Å². The molecule has 0 saturated carbocycles. The minimum Gasteiger partial charge on any atom is -0.381 e. The summed E-state index contributed by atoms with van der Waals surface area (Å²) in [6.07, 6.45) is 2.92. The molecule has 5 N–H and O–H groups in total. The summed E-state index contributed by atoms with van der Waals surface area (Å²) in [4.78, 5) is 72.3. The zero-order valence-corrected chi connectivity index (χ0v) is 39.1.